The van der Waals surface area contributed by atoms with Crippen molar-refractivity contribution in [3.63, 3.8) is 0 Å². The molecule has 2 aromatic carbocycles. The van der Waals surface area contributed by atoms with Crippen LogP contribution in [0.2, 0.25) is 5.02 Å². The number of nitrogens with zero attached hydrogens (tertiary/aromatic N) is 2. The molecule has 1 amide bonds. The molecule has 7 nitrogen and oxygen atoms in total. The quantitative estimate of drug-likeness (QED) is 0.484. The van der Waals surface area contributed by atoms with Gasteiger partial charge in [-0.3, -0.25) is 14.9 Å². The van der Waals surface area contributed by atoms with E-state index in [9.17, 15) is 14.9 Å². The van der Waals surface area contributed by atoms with Crippen LogP contribution in [-0.4, -0.2) is 23.7 Å². The maximum Gasteiger partial charge on any atom is 0.288 e. The predicted molar refractivity (Wildman–Crippen MR) is 95.3 cm³/mol. The molecule has 0 aliphatic heterocycles. The molecule has 0 aromatic heterocycles. The van der Waals surface area contributed by atoms with Crippen molar-refractivity contribution in [1.82, 2.24) is 5.43 Å². The molecular formula is C17H16ClN3O4. The van der Waals surface area contributed by atoms with Crippen molar-refractivity contribution in [3.05, 3.63) is 68.2 Å². The van der Waals surface area contributed by atoms with Crippen molar-refractivity contribution < 1.29 is 14.5 Å². The minimum absolute atomic E-state index is 0.0352. The summed E-state index contributed by atoms with van der Waals surface area (Å²) in [6.07, 6.45) is 1.29. The van der Waals surface area contributed by atoms with Crippen molar-refractivity contribution >= 4 is 29.4 Å². The molecule has 0 unspecified atom stereocenters. The molecule has 130 valence electrons. The Kier molecular flexibility index (Phi) is 6.08. The van der Waals surface area contributed by atoms with Crippen molar-refractivity contribution in [1.29, 1.82) is 0 Å². The zero-order chi connectivity index (χ0) is 18.4. The van der Waals surface area contributed by atoms with E-state index >= 15 is 0 Å². The number of carbonyl (C=O) groups is 1. The number of ether oxygens (including phenoxy) is 1. The van der Waals surface area contributed by atoms with Crippen LogP contribution in [0.4, 0.5) is 5.69 Å². The third-order valence-corrected chi connectivity index (χ3v) is 3.74. The Morgan fingerprint density at radius 3 is 2.72 bits per heavy atom. The first-order valence-corrected chi connectivity index (χ1v) is 7.70. The lowest BCUT2D eigenvalue weighted by atomic mass is 10.1. The number of hydrogen-bond donors (Lipinski definition) is 1. The second-order valence-corrected chi connectivity index (χ2v) is 5.70. The number of nitro benzene ring substituents is 1. The van der Waals surface area contributed by atoms with E-state index in [1.165, 1.54) is 18.3 Å². The summed E-state index contributed by atoms with van der Waals surface area (Å²) in [6, 6.07) is 9.75. The highest BCUT2D eigenvalue weighted by Gasteiger charge is 2.11. The number of hydrazone groups is 1. The second kappa shape index (κ2) is 8.25. The largest absolute Gasteiger partial charge is 0.484 e. The molecule has 0 aliphatic rings. The summed E-state index contributed by atoms with van der Waals surface area (Å²) in [4.78, 5) is 21.9. The minimum atomic E-state index is -0.588. The summed E-state index contributed by atoms with van der Waals surface area (Å²) >= 11 is 5.72. The first-order chi connectivity index (χ1) is 11.9. The van der Waals surface area contributed by atoms with Crippen LogP contribution in [0.15, 0.2) is 41.5 Å². The van der Waals surface area contributed by atoms with Crippen LogP contribution in [0, 0.1) is 24.0 Å². The average Bonchev–Trinajstić information content (AvgIpc) is 2.57. The summed E-state index contributed by atoms with van der Waals surface area (Å²) < 4.78 is 5.38. The van der Waals surface area contributed by atoms with Crippen molar-refractivity contribution in [2.45, 2.75) is 13.8 Å². The average molecular weight is 362 g/mol. The molecule has 0 saturated heterocycles. The summed E-state index contributed by atoms with van der Waals surface area (Å²) in [6.45, 7) is 3.75. The standard InChI is InChI=1S/C17H16ClN3O4/c1-11-3-5-14(7-12(11)2)25-10-17(22)20-19-9-13-4-6-15(18)16(8-13)21(23)24/h3-9H,10H2,1-2H3,(H,20,22). The molecule has 0 atom stereocenters. The zero-order valence-corrected chi connectivity index (χ0v) is 14.4. The molecule has 0 fully saturated rings. The first kappa shape index (κ1) is 18.4. The Morgan fingerprint density at radius 2 is 2.04 bits per heavy atom. The number of aryl methyl sites for hydroxylation is 2. The van der Waals surface area contributed by atoms with Crippen molar-refractivity contribution in [2.24, 2.45) is 5.10 Å². The lowest BCUT2D eigenvalue weighted by Gasteiger charge is -2.07. The summed E-state index contributed by atoms with van der Waals surface area (Å²) in [7, 11) is 0. The van der Waals surface area contributed by atoms with E-state index in [0.717, 1.165) is 11.1 Å². The number of benzene rings is 2. The molecule has 0 radical (unpaired) electrons. The molecule has 0 heterocycles. The van der Waals surface area contributed by atoms with Crippen LogP contribution in [0.5, 0.6) is 5.75 Å². The van der Waals surface area contributed by atoms with Crippen LogP contribution in [0.3, 0.4) is 0 Å². The third-order valence-electron chi connectivity index (χ3n) is 3.42. The number of nitro groups is 1. The fourth-order valence-corrected chi connectivity index (χ4v) is 2.10. The fourth-order valence-electron chi connectivity index (χ4n) is 1.91. The monoisotopic (exact) mass is 361 g/mol. The predicted octanol–water partition coefficient (Wildman–Crippen LogP) is 3.39. The Labute approximate surface area is 149 Å². The van der Waals surface area contributed by atoms with E-state index in [1.807, 2.05) is 26.0 Å². The van der Waals surface area contributed by atoms with Gasteiger partial charge in [-0.1, -0.05) is 23.7 Å². The highest BCUT2D eigenvalue weighted by molar-refractivity contribution is 6.32. The van der Waals surface area contributed by atoms with E-state index in [2.05, 4.69) is 10.5 Å². The lowest BCUT2D eigenvalue weighted by molar-refractivity contribution is -0.384. The summed E-state index contributed by atoms with van der Waals surface area (Å²) in [5.41, 5.74) is 4.71. The Balaban J connectivity index is 1.89. The fraction of sp³-hybridized carbons (Fsp3) is 0.176. The number of rotatable bonds is 6. The van der Waals surface area contributed by atoms with Gasteiger partial charge < -0.3 is 4.74 Å². The molecule has 2 aromatic rings. The number of hydrogen-bond acceptors (Lipinski definition) is 5. The van der Waals surface area contributed by atoms with Gasteiger partial charge in [0.1, 0.15) is 10.8 Å². The Morgan fingerprint density at radius 1 is 1.28 bits per heavy atom. The molecular weight excluding hydrogens is 346 g/mol. The van der Waals surface area contributed by atoms with Crippen LogP contribution in [0.25, 0.3) is 0 Å². The molecule has 1 N–H and O–H groups in total. The number of amides is 1. The summed E-state index contributed by atoms with van der Waals surface area (Å²) in [5.74, 6) is 0.147. The van der Waals surface area contributed by atoms with Gasteiger partial charge in [-0.25, -0.2) is 5.43 Å². The zero-order valence-electron chi connectivity index (χ0n) is 13.7. The van der Waals surface area contributed by atoms with Crippen LogP contribution in [0.1, 0.15) is 16.7 Å². The maximum absolute atomic E-state index is 11.7. The number of nitrogens with one attached hydrogen (secondary N) is 1. The lowest BCUT2D eigenvalue weighted by Crippen LogP contribution is -2.24. The van der Waals surface area contributed by atoms with Gasteiger partial charge in [0.15, 0.2) is 6.61 Å². The molecule has 2 rings (SSSR count). The third kappa shape index (κ3) is 5.29. The highest BCUT2D eigenvalue weighted by atomic mass is 35.5. The van der Waals surface area contributed by atoms with Gasteiger partial charge >= 0.3 is 0 Å². The maximum atomic E-state index is 11.7. The van der Waals surface area contributed by atoms with Crippen molar-refractivity contribution in [3.8, 4) is 5.75 Å². The molecule has 0 saturated carbocycles. The molecule has 0 aliphatic carbocycles. The molecule has 25 heavy (non-hydrogen) atoms. The smallest absolute Gasteiger partial charge is 0.288 e. The van der Waals surface area contributed by atoms with Crippen LogP contribution < -0.4 is 10.2 Å². The SMILES string of the molecule is Cc1ccc(OCC(=O)NN=Cc2ccc(Cl)c([N+](=O)[O-])c2)cc1C. The minimum Gasteiger partial charge on any atom is -0.484 e. The highest BCUT2D eigenvalue weighted by Crippen LogP contribution is 2.24. The van der Waals surface area contributed by atoms with Gasteiger partial charge in [0.2, 0.25) is 0 Å². The van der Waals surface area contributed by atoms with Crippen molar-refractivity contribution in [2.75, 3.05) is 6.61 Å². The molecule has 0 bridgehead atoms. The summed E-state index contributed by atoms with van der Waals surface area (Å²) in [5, 5.41) is 14.6. The van der Waals surface area contributed by atoms with E-state index in [4.69, 9.17) is 16.3 Å². The number of carbonyl (C=O) groups excluding carboxylic acids is 1. The van der Waals surface area contributed by atoms with E-state index < -0.39 is 10.8 Å². The Bertz CT molecular complexity index is 837. The van der Waals surface area contributed by atoms with Gasteiger partial charge in [-0.05, 0) is 43.2 Å². The van der Waals surface area contributed by atoms with Gasteiger partial charge in [-0.15, -0.1) is 0 Å². The van der Waals surface area contributed by atoms with E-state index in [-0.39, 0.29) is 17.3 Å². The van der Waals surface area contributed by atoms with Gasteiger partial charge in [-0.2, -0.15) is 5.10 Å². The van der Waals surface area contributed by atoms with Crippen LogP contribution in [-0.2, 0) is 4.79 Å². The second-order valence-electron chi connectivity index (χ2n) is 5.30. The van der Waals surface area contributed by atoms with E-state index in [1.54, 1.807) is 12.1 Å². The van der Waals surface area contributed by atoms with E-state index in [0.29, 0.717) is 11.3 Å². The van der Waals surface area contributed by atoms with Gasteiger partial charge in [0, 0.05) is 11.6 Å². The number of halogens is 1. The van der Waals surface area contributed by atoms with Crippen LogP contribution >= 0.6 is 11.6 Å². The van der Waals surface area contributed by atoms with Gasteiger partial charge in [0.25, 0.3) is 11.6 Å². The molecule has 8 heteroatoms. The van der Waals surface area contributed by atoms with Gasteiger partial charge in [0.05, 0.1) is 11.1 Å². The normalized spacial score (nSPS) is 10.7. The Hall–Kier alpha value is -2.93. The topological polar surface area (TPSA) is 93.8 Å². The first-order valence-electron chi connectivity index (χ1n) is 7.32. The molecule has 0 spiro atoms.